The number of nitrogens with zero attached hydrogens (tertiary/aromatic N) is 1. The molecule has 1 heterocycles. The summed E-state index contributed by atoms with van der Waals surface area (Å²) in [5, 5.41) is 0.227. The molecule has 3 heteroatoms. The monoisotopic (exact) mass is 349 g/mol. The molecule has 138 valence electrons. The second kappa shape index (κ2) is 9.14. The Morgan fingerprint density at radius 2 is 1.67 bits per heavy atom. The summed E-state index contributed by atoms with van der Waals surface area (Å²) >= 11 is 0. The number of hydrogen-bond donors (Lipinski definition) is 0. The predicted molar refractivity (Wildman–Crippen MR) is 108 cm³/mol. The van der Waals surface area contributed by atoms with Crippen molar-refractivity contribution in [3.8, 4) is 0 Å². The lowest BCUT2D eigenvalue weighted by molar-refractivity contribution is 0.197. The molecular formula is C21H39NOSi. The van der Waals surface area contributed by atoms with E-state index >= 15 is 0 Å². The van der Waals surface area contributed by atoms with Crippen LogP contribution >= 0.6 is 0 Å². The Morgan fingerprint density at radius 1 is 1.08 bits per heavy atom. The van der Waals surface area contributed by atoms with Crippen LogP contribution in [0.2, 0.25) is 18.1 Å². The standard InChI is InChI=1S/C21H39NOSi/c1-9-11-13-18-15-16-22-20(19(18)14-12-10-2)17(3)23-24(7,8)21(4,5)6/h15-17H,9-14H2,1-8H3. The highest BCUT2D eigenvalue weighted by molar-refractivity contribution is 6.74. The number of rotatable bonds is 9. The van der Waals surface area contributed by atoms with Crippen LogP contribution < -0.4 is 0 Å². The first kappa shape index (κ1) is 21.4. The lowest BCUT2D eigenvalue weighted by atomic mass is 9.95. The maximum atomic E-state index is 6.64. The molecular weight excluding hydrogens is 310 g/mol. The van der Waals surface area contributed by atoms with Gasteiger partial charge in [0.05, 0.1) is 11.8 Å². The van der Waals surface area contributed by atoms with Gasteiger partial charge in [0.15, 0.2) is 8.32 Å². The normalized spacial score (nSPS) is 14.0. The molecule has 1 aromatic rings. The Balaban J connectivity index is 3.11. The molecule has 24 heavy (non-hydrogen) atoms. The summed E-state index contributed by atoms with van der Waals surface area (Å²) in [5.41, 5.74) is 4.13. The van der Waals surface area contributed by atoms with Gasteiger partial charge in [-0.15, -0.1) is 0 Å². The Labute approximate surface area is 151 Å². The van der Waals surface area contributed by atoms with E-state index in [-0.39, 0.29) is 11.1 Å². The fraction of sp³-hybridized carbons (Fsp3) is 0.762. The van der Waals surface area contributed by atoms with E-state index in [1.807, 2.05) is 6.20 Å². The van der Waals surface area contributed by atoms with Crippen molar-refractivity contribution in [2.24, 2.45) is 0 Å². The summed E-state index contributed by atoms with van der Waals surface area (Å²) in [5.74, 6) is 0. The number of aryl methyl sites for hydroxylation is 1. The third-order valence-electron chi connectivity index (χ3n) is 5.43. The quantitative estimate of drug-likeness (QED) is 0.455. The molecule has 0 bridgehead atoms. The minimum Gasteiger partial charge on any atom is -0.409 e. The topological polar surface area (TPSA) is 22.1 Å². The van der Waals surface area contributed by atoms with E-state index in [0.29, 0.717) is 0 Å². The van der Waals surface area contributed by atoms with Crippen LogP contribution in [0.25, 0.3) is 0 Å². The van der Waals surface area contributed by atoms with E-state index in [0.717, 1.165) is 12.8 Å². The molecule has 1 aromatic heterocycles. The molecule has 2 nitrogen and oxygen atoms in total. The highest BCUT2D eigenvalue weighted by Gasteiger charge is 2.39. The van der Waals surface area contributed by atoms with Crippen molar-refractivity contribution >= 4 is 8.32 Å². The number of unbranched alkanes of at least 4 members (excludes halogenated alkanes) is 2. The summed E-state index contributed by atoms with van der Waals surface area (Å²) in [4.78, 5) is 4.76. The molecule has 1 rings (SSSR count). The van der Waals surface area contributed by atoms with Gasteiger partial charge in [0.2, 0.25) is 0 Å². The summed E-state index contributed by atoms with van der Waals surface area (Å²) in [6, 6.07) is 2.23. The fourth-order valence-corrected chi connectivity index (χ4v) is 4.17. The molecule has 0 saturated carbocycles. The zero-order valence-electron chi connectivity index (χ0n) is 17.3. The molecule has 1 atom stereocenters. The lowest BCUT2D eigenvalue weighted by Crippen LogP contribution is -2.41. The summed E-state index contributed by atoms with van der Waals surface area (Å²) in [6.45, 7) is 18.3. The molecule has 0 spiro atoms. The predicted octanol–water partition coefficient (Wildman–Crippen LogP) is 6.85. The minimum absolute atomic E-state index is 0.0827. The number of hydrogen-bond acceptors (Lipinski definition) is 2. The summed E-state index contributed by atoms with van der Waals surface area (Å²) in [6.07, 6.45) is 9.30. The van der Waals surface area contributed by atoms with E-state index < -0.39 is 8.32 Å². The van der Waals surface area contributed by atoms with E-state index in [1.54, 1.807) is 0 Å². The largest absolute Gasteiger partial charge is 0.409 e. The molecule has 0 aliphatic rings. The molecule has 0 aliphatic heterocycles. The first-order chi connectivity index (χ1) is 11.1. The smallest absolute Gasteiger partial charge is 0.192 e. The van der Waals surface area contributed by atoms with Crippen molar-refractivity contribution in [1.82, 2.24) is 4.98 Å². The van der Waals surface area contributed by atoms with Gasteiger partial charge in [-0.05, 0) is 67.9 Å². The average molecular weight is 350 g/mol. The Morgan fingerprint density at radius 3 is 2.21 bits per heavy atom. The number of pyridine rings is 1. The number of aromatic nitrogens is 1. The van der Waals surface area contributed by atoms with Gasteiger partial charge in [0.25, 0.3) is 0 Å². The zero-order chi connectivity index (χ0) is 18.4. The molecule has 0 saturated heterocycles. The minimum atomic E-state index is -1.79. The van der Waals surface area contributed by atoms with Gasteiger partial charge in [-0.1, -0.05) is 47.5 Å². The van der Waals surface area contributed by atoms with Crippen molar-refractivity contribution < 1.29 is 4.43 Å². The second-order valence-corrected chi connectivity index (χ2v) is 13.3. The first-order valence-corrected chi connectivity index (χ1v) is 12.7. The van der Waals surface area contributed by atoms with E-state index in [9.17, 15) is 0 Å². The van der Waals surface area contributed by atoms with Crippen LogP contribution in [0.4, 0.5) is 0 Å². The van der Waals surface area contributed by atoms with Gasteiger partial charge in [-0.25, -0.2) is 0 Å². The summed E-state index contributed by atoms with van der Waals surface area (Å²) < 4.78 is 6.64. The molecule has 0 aliphatic carbocycles. The Bertz CT molecular complexity index is 505. The summed E-state index contributed by atoms with van der Waals surface area (Å²) in [7, 11) is -1.79. The van der Waals surface area contributed by atoms with Gasteiger partial charge < -0.3 is 4.43 Å². The second-order valence-electron chi connectivity index (χ2n) is 8.56. The van der Waals surface area contributed by atoms with Gasteiger partial charge in [0.1, 0.15) is 0 Å². The van der Waals surface area contributed by atoms with Crippen LogP contribution in [-0.4, -0.2) is 13.3 Å². The highest BCUT2D eigenvalue weighted by atomic mass is 28.4. The van der Waals surface area contributed by atoms with Crippen LogP contribution in [0.1, 0.15) is 90.2 Å². The van der Waals surface area contributed by atoms with Crippen LogP contribution in [-0.2, 0) is 17.3 Å². The maximum absolute atomic E-state index is 6.64. The molecule has 0 N–H and O–H groups in total. The fourth-order valence-electron chi connectivity index (χ4n) is 2.82. The van der Waals surface area contributed by atoms with Crippen LogP contribution in [0.5, 0.6) is 0 Å². The van der Waals surface area contributed by atoms with E-state index in [1.165, 1.54) is 42.5 Å². The van der Waals surface area contributed by atoms with Gasteiger partial charge in [-0.2, -0.15) is 0 Å². The highest BCUT2D eigenvalue weighted by Crippen LogP contribution is 2.40. The van der Waals surface area contributed by atoms with Crippen molar-refractivity contribution in [2.75, 3.05) is 0 Å². The average Bonchev–Trinajstić information content (AvgIpc) is 2.49. The van der Waals surface area contributed by atoms with Gasteiger partial charge in [0, 0.05) is 6.20 Å². The van der Waals surface area contributed by atoms with Crippen LogP contribution in [0, 0.1) is 0 Å². The zero-order valence-corrected chi connectivity index (χ0v) is 18.3. The van der Waals surface area contributed by atoms with Crippen molar-refractivity contribution in [2.45, 2.75) is 104 Å². The van der Waals surface area contributed by atoms with Crippen molar-refractivity contribution in [3.63, 3.8) is 0 Å². The molecule has 0 aromatic carbocycles. The van der Waals surface area contributed by atoms with E-state index in [4.69, 9.17) is 9.41 Å². The molecule has 0 amide bonds. The molecule has 0 radical (unpaired) electrons. The lowest BCUT2D eigenvalue weighted by Gasteiger charge is -2.38. The Hall–Kier alpha value is -0.673. The third kappa shape index (κ3) is 5.70. The van der Waals surface area contributed by atoms with Crippen LogP contribution in [0.15, 0.2) is 12.3 Å². The van der Waals surface area contributed by atoms with Crippen LogP contribution in [0.3, 0.4) is 0 Å². The van der Waals surface area contributed by atoms with Crippen molar-refractivity contribution in [1.29, 1.82) is 0 Å². The van der Waals surface area contributed by atoms with Crippen molar-refractivity contribution in [3.05, 3.63) is 29.1 Å². The maximum Gasteiger partial charge on any atom is 0.192 e. The third-order valence-corrected chi connectivity index (χ3v) is 9.98. The van der Waals surface area contributed by atoms with E-state index in [2.05, 4.69) is 60.7 Å². The van der Waals surface area contributed by atoms with Gasteiger partial charge in [-0.3, -0.25) is 4.98 Å². The SMILES string of the molecule is CCCCc1ccnc(C(C)O[Si](C)(C)C(C)(C)C)c1CCCC. The molecule has 1 unspecified atom stereocenters. The van der Waals surface area contributed by atoms with Gasteiger partial charge >= 0.3 is 0 Å². The molecule has 0 fully saturated rings. The Kier molecular flexibility index (Phi) is 8.14. The first-order valence-electron chi connectivity index (χ1n) is 9.78.